The molecule has 4 rings (SSSR count). The molecule has 2 aromatic carbocycles. The summed E-state index contributed by atoms with van der Waals surface area (Å²) in [7, 11) is 0.978. The lowest BCUT2D eigenvalue weighted by Crippen LogP contribution is -2.48. The number of carbonyl (C=O) groups is 2. The molecule has 2 aliphatic heterocycles. The van der Waals surface area contributed by atoms with E-state index in [2.05, 4.69) is 5.32 Å². The van der Waals surface area contributed by atoms with Gasteiger partial charge in [0.2, 0.25) is 5.82 Å². The van der Waals surface area contributed by atoms with E-state index in [0.29, 0.717) is 5.75 Å². The summed E-state index contributed by atoms with van der Waals surface area (Å²) >= 11 is 0. The second kappa shape index (κ2) is 10.9. The number of halogens is 5. The van der Waals surface area contributed by atoms with Gasteiger partial charge < -0.3 is 19.9 Å². The molecule has 0 saturated carbocycles. The van der Waals surface area contributed by atoms with E-state index in [0.717, 1.165) is 7.11 Å². The van der Waals surface area contributed by atoms with Crippen molar-refractivity contribution in [3.05, 3.63) is 87.5 Å². The molecule has 2 heterocycles. The SMILES string of the molecule is COC(=O)C1=C(C)NC2=C(C(=O)CN(CC(O)COc3ccccc3)C2)C1c1c(F)c(F)c(F)c(F)c1F. The fourth-order valence-corrected chi connectivity index (χ4v) is 4.65. The van der Waals surface area contributed by atoms with Crippen molar-refractivity contribution >= 4 is 11.8 Å². The molecule has 2 atom stereocenters. The minimum absolute atomic E-state index is 0.00662. The van der Waals surface area contributed by atoms with Gasteiger partial charge in [-0.25, -0.2) is 26.7 Å². The quantitative estimate of drug-likeness (QED) is 0.243. The Kier molecular flexibility index (Phi) is 7.83. The Labute approximate surface area is 214 Å². The van der Waals surface area contributed by atoms with Gasteiger partial charge in [-0.05, 0) is 19.1 Å². The molecule has 2 aromatic rings. The molecule has 7 nitrogen and oxygen atoms in total. The van der Waals surface area contributed by atoms with Gasteiger partial charge in [0.15, 0.2) is 29.1 Å². The number of ether oxygens (including phenoxy) is 2. The van der Waals surface area contributed by atoms with E-state index in [4.69, 9.17) is 9.47 Å². The van der Waals surface area contributed by atoms with E-state index in [1.807, 2.05) is 0 Å². The molecule has 0 spiro atoms. The highest BCUT2D eigenvalue weighted by Gasteiger charge is 2.44. The fraction of sp³-hybridized carbons (Fsp3) is 0.308. The van der Waals surface area contributed by atoms with Gasteiger partial charge >= 0.3 is 5.97 Å². The van der Waals surface area contributed by atoms with Crippen LogP contribution in [0, 0.1) is 29.1 Å². The van der Waals surface area contributed by atoms with E-state index >= 15 is 0 Å². The third-order valence-electron chi connectivity index (χ3n) is 6.29. The summed E-state index contributed by atoms with van der Waals surface area (Å²) in [4.78, 5) is 27.4. The van der Waals surface area contributed by atoms with Crippen molar-refractivity contribution in [1.29, 1.82) is 0 Å². The Balaban J connectivity index is 1.68. The lowest BCUT2D eigenvalue weighted by atomic mass is 9.76. The van der Waals surface area contributed by atoms with Crippen LogP contribution in [0.15, 0.2) is 52.9 Å². The number of para-hydroxylation sites is 1. The third kappa shape index (κ3) is 5.01. The molecule has 0 saturated heterocycles. The van der Waals surface area contributed by atoms with E-state index in [1.165, 1.54) is 11.8 Å². The second-order valence-electron chi connectivity index (χ2n) is 8.83. The third-order valence-corrected chi connectivity index (χ3v) is 6.29. The maximum atomic E-state index is 14.9. The van der Waals surface area contributed by atoms with Gasteiger partial charge in [-0.15, -0.1) is 0 Å². The van der Waals surface area contributed by atoms with Crippen LogP contribution >= 0.6 is 0 Å². The van der Waals surface area contributed by atoms with Crippen LogP contribution in [0.25, 0.3) is 0 Å². The maximum absolute atomic E-state index is 14.9. The molecule has 0 aliphatic carbocycles. The number of hydrogen-bond donors (Lipinski definition) is 2. The van der Waals surface area contributed by atoms with Gasteiger partial charge in [-0.2, -0.15) is 0 Å². The van der Waals surface area contributed by atoms with Gasteiger partial charge in [0.05, 0.1) is 25.1 Å². The zero-order valence-electron chi connectivity index (χ0n) is 20.3. The van der Waals surface area contributed by atoms with Crippen molar-refractivity contribution in [2.45, 2.75) is 18.9 Å². The molecule has 202 valence electrons. The van der Waals surface area contributed by atoms with Gasteiger partial charge in [0.25, 0.3) is 0 Å². The summed E-state index contributed by atoms with van der Waals surface area (Å²) < 4.78 is 82.0. The van der Waals surface area contributed by atoms with Crippen LogP contribution in [-0.2, 0) is 14.3 Å². The molecule has 0 fully saturated rings. The number of aliphatic hydroxyl groups is 1. The van der Waals surface area contributed by atoms with Crippen molar-refractivity contribution in [2.24, 2.45) is 0 Å². The van der Waals surface area contributed by atoms with Crippen LogP contribution < -0.4 is 10.1 Å². The molecule has 0 amide bonds. The van der Waals surface area contributed by atoms with Gasteiger partial charge in [0, 0.05) is 35.6 Å². The Morgan fingerprint density at radius 1 is 1.05 bits per heavy atom. The predicted octanol–water partition coefficient (Wildman–Crippen LogP) is 3.09. The van der Waals surface area contributed by atoms with Crippen LogP contribution in [-0.4, -0.2) is 61.2 Å². The number of esters is 1. The number of dihydropyridines is 1. The lowest BCUT2D eigenvalue weighted by Gasteiger charge is -2.38. The van der Waals surface area contributed by atoms with Gasteiger partial charge in [-0.3, -0.25) is 9.69 Å². The highest BCUT2D eigenvalue weighted by molar-refractivity contribution is 6.04. The van der Waals surface area contributed by atoms with Crippen molar-refractivity contribution in [2.75, 3.05) is 33.4 Å². The smallest absolute Gasteiger partial charge is 0.336 e. The number of nitrogens with zero attached hydrogens (tertiary/aromatic N) is 1. The first-order valence-electron chi connectivity index (χ1n) is 11.5. The minimum Gasteiger partial charge on any atom is -0.491 e. The van der Waals surface area contributed by atoms with Crippen LogP contribution in [0.5, 0.6) is 5.75 Å². The molecule has 12 heteroatoms. The number of allylic oxidation sites excluding steroid dienone is 1. The Morgan fingerprint density at radius 2 is 1.66 bits per heavy atom. The van der Waals surface area contributed by atoms with E-state index < -0.39 is 64.0 Å². The molecule has 0 bridgehead atoms. The minimum atomic E-state index is -2.36. The van der Waals surface area contributed by atoms with Crippen LogP contribution in [0.1, 0.15) is 18.4 Å². The maximum Gasteiger partial charge on any atom is 0.336 e. The lowest BCUT2D eigenvalue weighted by molar-refractivity contribution is -0.136. The first-order chi connectivity index (χ1) is 18.0. The van der Waals surface area contributed by atoms with Gasteiger partial charge in [-0.1, -0.05) is 18.2 Å². The summed E-state index contributed by atoms with van der Waals surface area (Å²) in [5.74, 6) is -14.3. The van der Waals surface area contributed by atoms with Gasteiger partial charge in [0.1, 0.15) is 18.5 Å². The zero-order chi connectivity index (χ0) is 27.7. The number of methoxy groups -OCH3 is 1. The summed E-state index contributed by atoms with van der Waals surface area (Å²) in [6.07, 6.45) is -1.03. The average molecular weight is 538 g/mol. The Morgan fingerprint density at radius 3 is 2.26 bits per heavy atom. The largest absolute Gasteiger partial charge is 0.491 e. The summed E-state index contributed by atoms with van der Waals surface area (Å²) in [5.41, 5.74) is -2.02. The van der Waals surface area contributed by atoms with Crippen molar-refractivity contribution in [3.63, 3.8) is 0 Å². The summed E-state index contributed by atoms with van der Waals surface area (Å²) in [5, 5.41) is 13.3. The van der Waals surface area contributed by atoms with Crippen molar-refractivity contribution < 1.29 is 46.1 Å². The molecule has 2 N–H and O–H groups in total. The second-order valence-corrected chi connectivity index (χ2v) is 8.83. The normalized spacial score (nSPS) is 18.7. The number of β-amino-alcohol motifs (C(OH)–C–C–N with tert-alkyl or cyclic N) is 1. The Hall–Kier alpha value is -3.77. The van der Waals surface area contributed by atoms with Crippen molar-refractivity contribution in [1.82, 2.24) is 10.2 Å². The monoisotopic (exact) mass is 538 g/mol. The molecule has 0 radical (unpaired) electrons. The number of nitrogens with one attached hydrogen (secondary N) is 1. The van der Waals surface area contributed by atoms with Crippen molar-refractivity contribution in [3.8, 4) is 5.75 Å². The number of Topliss-reactive ketones (excluding diaryl/α,β-unsaturated/α-hetero) is 1. The topological polar surface area (TPSA) is 88.1 Å². The number of ketones is 1. The molecular formula is C26H23F5N2O5. The average Bonchev–Trinajstić information content (AvgIpc) is 2.89. The molecule has 2 unspecified atom stereocenters. The first-order valence-corrected chi connectivity index (χ1v) is 11.5. The summed E-state index contributed by atoms with van der Waals surface area (Å²) in [6, 6.07) is 8.72. The number of rotatable bonds is 7. The zero-order valence-corrected chi connectivity index (χ0v) is 20.3. The number of benzene rings is 2. The van der Waals surface area contributed by atoms with Crippen LogP contribution in [0.3, 0.4) is 0 Å². The van der Waals surface area contributed by atoms with Crippen LogP contribution in [0.4, 0.5) is 22.0 Å². The highest BCUT2D eigenvalue weighted by Crippen LogP contribution is 2.43. The highest BCUT2D eigenvalue weighted by atomic mass is 19.2. The number of hydrogen-bond acceptors (Lipinski definition) is 7. The molecule has 2 aliphatic rings. The predicted molar refractivity (Wildman–Crippen MR) is 123 cm³/mol. The van der Waals surface area contributed by atoms with E-state index in [9.17, 15) is 36.6 Å². The van der Waals surface area contributed by atoms with E-state index in [-0.39, 0.29) is 43.2 Å². The fourth-order valence-electron chi connectivity index (χ4n) is 4.65. The Bertz CT molecular complexity index is 1320. The van der Waals surface area contributed by atoms with E-state index in [1.54, 1.807) is 30.3 Å². The number of carbonyl (C=O) groups excluding carboxylic acids is 2. The van der Waals surface area contributed by atoms with Crippen LogP contribution in [0.2, 0.25) is 0 Å². The first kappa shape index (κ1) is 27.3. The number of aliphatic hydroxyl groups excluding tert-OH is 1. The summed E-state index contributed by atoms with van der Waals surface area (Å²) in [6.45, 7) is 0.813. The standard InChI is InChI=1S/C26H23F5N2O5/c1-12-17(26(36)37-2)19(20-21(27)23(29)25(31)24(30)22(20)28)18-15(32-12)9-33(10-16(18)35)8-13(34)11-38-14-6-4-3-5-7-14/h3-7,13,19,32,34H,8-11H2,1-2H3. The molecular weight excluding hydrogens is 515 g/mol. The molecule has 38 heavy (non-hydrogen) atoms. The molecule has 0 aromatic heterocycles.